The van der Waals surface area contributed by atoms with Gasteiger partial charge in [0, 0.05) is 25.7 Å². The van der Waals surface area contributed by atoms with Crippen LogP contribution in [-0.4, -0.2) is 46.4 Å². The molecule has 2 heterocycles. The minimum absolute atomic E-state index is 0.142. The number of aromatic nitrogens is 3. The fourth-order valence-corrected chi connectivity index (χ4v) is 3.75. The summed E-state index contributed by atoms with van der Waals surface area (Å²) in [7, 11) is 0. The van der Waals surface area contributed by atoms with Crippen molar-refractivity contribution in [3.05, 3.63) is 60.4 Å². The summed E-state index contributed by atoms with van der Waals surface area (Å²) < 4.78 is 48.1. The van der Waals surface area contributed by atoms with Gasteiger partial charge in [-0.1, -0.05) is 30.3 Å². The zero-order chi connectivity index (χ0) is 25.5. The molecule has 3 aromatic rings. The van der Waals surface area contributed by atoms with Crippen LogP contribution in [0, 0.1) is 0 Å². The van der Waals surface area contributed by atoms with E-state index in [9.17, 15) is 18.0 Å². The number of nitrogens with one attached hydrogen (secondary N) is 2. The van der Waals surface area contributed by atoms with E-state index in [2.05, 4.69) is 30.3 Å². The summed E-state index contributed by atoms with van der Waals surface area (Å²) in [6.07, 6.45) is -1.75. The molecule has 1 amide bonds. The molecule has 0 atom stereocenters. The van der Waals surface area contributed by atoms with Gasteiger partial charge in [0.1, 0.15) is 6.33 Å². The molecule has 2 N–H and O–H groups in total. The van der Waals surface area contributed by atoms with Gasteiger partial charge in [0.2, 0.25) is 17.8 Å². The van der Waals surface area contributed by atoms with Crippen LogP contribution in [0.15, 0.2) is 54.9 Å². The summed E-state index contributed by atoms with van der Waals surface area (Å²) in [6.45, 7) is 3.17. The fraction of sp³-hybridized carbons (Fsp3) is 0.333. The lowest BCUT2D eigenvalue weighted by Crippen LogP contribution is -2.38. The van der Waals surface area contributed by atoms with Crippen LogP contribution in [-0.2, 0) is 16.1 Å². The molecule has 0 aliphatic carbocycles. The van der Waals surface area contributed by atoms with Crippen molar-refractivity contribution in [1.29, 1.82) is 0 Å². The van der Waals surface area contributed by atoms with Crippen molar-refractivity contribution in [3.63, 3.8) is 0 Å². The van der Waals surface area contributed by atoms with Crippen molar-refractivity contribution < 1.29 is 27.4 Å². The van der Waals surface area contributed by atoms with Crippen LogP contribution in [0.25, 0.3) is 0 Å². The third kappa shape index (κ3) is 7.28. The highest BCUT2D eigenvalue weighted by Gasteiger charge is 2.32. The Morgan fingerprint density at radius 3 is 2.56 bits per heavy atom. The van der Waals surface area contributed by atoms with E-state index in [-0.39, 0.29) is 17.7 Å². The quantitative estimate of drug-likeness (QED) is 0.459. The maximum absolute atomic E-state index is 12.7. The van der Waals surface area contributed by atoms with E-state index in [1.54, 1.807) is 0 Å². The van der Waals surface area contributed by atoms with Crippen molar-refractivity contribution in [2.24, 2.45) is 0 Å². The van der Waals surface area contributed by atoms with Gasteiger partial charge in [-0.2, -0.15) is 4.98 Å². The van der Waals surface area contributed by atoms with Crippen molar-refractivity contribution in [1.82, 2.24) is 15.0 Å². The Morgan fingerprint density at radius 1 is 1.11 bits per heavy atom. The molecule has 4 rings (SSSR count). The number of amides is 1. The third-order valence-electron chi connectivity index (χ3n) is 5.38. The Kier molecular flexibility index (Phi) is 7.84. The molecule has 0 spiro atoms. The first kappa shape index (κ1) is 25.2. The number of nitrogens with zero attached hydrogens (tertiary/aromatic N) is 4. The van der Waals surface area contributed by atoms with Crippen LogP contribution in [0.4, 0.5) is 36.4 Å². The van der Waals surface area contributed by atoms with Gasteiger partial charge in [0.05, 0.1) is 18.4 Å². The maximum Gasteiger partial charge on any atom is 0.573 e. The van der Waals surface area contributed by atoms with Crippen LogP contribution < -0.4 is 20.3 Å². The van der Waals surface area contributed by atoms with Crippen LogP contribution in [0.3, 0.4) is 0 Å². The van der Waals surface area contributed by atoms with Crippen molar-refractivity contribution in [2.45, 2.75) is 38.8 Å². The number of halogens is 3. The number of carbonyl (C=O) groups excluding carboxylic acids is 1. The van der Waals surface area contributed by atoms with Gasteiger partial charge in [0.25, 0.3) is 0 Å². The number of hydrogen-bond donors (Lipinski definition) is 2. The summed E-state index contributed by atoms with van der Waals surface area (Å²) in [6, 6.07) is 13.8. The number of carbonyl (C=O) groups is 1. The molecule has 1 saturated heterocycles. The summed E-state index contributed by atoms with van der Waals surface area (Å²) in [5, 5.41) is 5.27. The first-order chi connectivity index (χ1) is 17.2. The number of alkyl halides is 3. The predicted molar refractivity (Wildman–Crippen MR) is 127 cm³/mol. The van der Waals surface area contributed by atoms with E-state index in [1.807, 2.05) is 35.2 Å². The first-order valence-electron chi connectivity index (χ1n) is 11.3. The smallest absolute Gasteiger partial charge is 0.404 e. The molecule has 190 valence electrons. The molecule has 1 aromatic heterocycles. The lowest BCUT2D eigenvalue weighted by molar-refractivity contribution is -0.274. The average molecular weight is 502 g/mol. The largest absolute Gasteiger partial charge is 0.573 e. The SMILES string of the molecule is CC(=O)Nc1cc(Nc2ncnc(N3CCC(OCc4ccccc4)CC3)n2)ccc1OC(F)(F)F. The molecule has 12 heteroatoms. The van der Waals surface area contributed by atoms with Crippen molar-refractivity contribution >= 4 is 29.2 Å². The summed E-state index contributed by atoms with van der Waals surface area (Å²) >= 11 is 0. The highest BCUT2D eigenvalue weighted by Crippen LogP contribution is 2.33. The van der Waals surface area contributed by atoms with E-state index < -0.39 is 18.0 Å². The number of benzene rings is 2. The van der Waals surface area contributed by atoms with E-state index in [0.29, 0.717) is 31.3 Å². The van der Waals surface area contributed by atoms with Gasteiger partial charge < -0.3 is 25.0 Å². The van der Waals surface area contributed by atoms with Gasteiger partial charge in [-0.15, -0.1) is 13.2 Å². The van der Waals surface area contributed by atoms with Crippen LogP contribution >= 0.6 is 0 Å². The Bertz CT molecular complexity index is 1170. The number of hydrogen-bond acceptors (Lipinski definition) is 8. The molecule has 36 heavy (non-hydrogen) atoms. The van der Waals surface area contributed by atoms with Gasteiger partial charge in [0.15, 0.2) is 5.75 Å². The zero-order valence-corrected chi connectivity index (χ0v) is 19.5. The second kappa shape index (κ2) is 11.2. The van der Waals surface area contributed by atoms with E-state index in [1.165, 1.54) is 25.4 Å². The number of piperidine rings is 1. The van der Waals surface area contributed by atoms with Crippen LogP contribution in [0.2, 0.25) is 0 Å². The van der Waals surface area contributed by atoms with Gasteiger partial charge in [-0.25, -0.2) is 9.97 Å². The minimum Gasteiger partial charge on any atom is -0.404 e. The Hall–Kier alpha value is -3.93. The number of rotatable bonds is 8. The van der Waals surface area contributed by atoms with Gasteiger partial charge in [-0.3, -0.25) is 4.79 Å². The summed E-state index contributed by atoms with van der Waals surface area (Å²) in [5.74, 6) is -0.386. The van der Waals surface area contributed by atoms with Gasteiger partial charge in [-0.05, 0) is 36.6 Å². The first-order valence-corrected chi connectivity index (χ1v) is 11.3. The molecule has 1 aliphatic rings. The highest BCUT2D eigenvalue weighted by atomic mass is 19.4. The standard InChI is InChI=1S/C24H25F3N6O3/c1-16(34)30-20-13-18(7-8-21(20)36-24(25,26)27)31-22-28-15-29-23(32-22)33-11-9-19(10-12-33)35-14-17-5-3-2-4-6-17/h2-8,13,15,19H,9-12,14H2,1H3,(H,30,34)(H,28,29,31,32). The Morgan fingerprint density at radius 2 is 1.86 bits per heavy atom. The van der Waals surface area contributed by atoms with E-state index >= 15 is 0 Å². The zero-order valence-electron chi connectivity index (χ0n) is 19.5. The Labute approximate surface area is 205 Å². The predicted octanol–water partition coefficient (Wildman–Crippen LogP) is 4.66. The topological polar surface area (TPSA) is 102 Å². The van der Waals surface area contributed by atoms with Crippen LogP contribution in [0.5, 0.6) is 5.75 Å². The van der Waals surface area contributed by atoms with Crippen molar-refractivity contribution in [3.8, 4) is 5.75 Å². The van der Waals surface area contributed by atoms with Crippen LogP contribution in [0.1, 0.15) is 25.3 Å². The molecular weight excluding hydrogens is 477 g/mol. The molecule has 1 aliphatic heterocycles. The lowest BCUT2D eigenvalue weighted by atomic mass is 10.1. The molecule has 9 nitrogen and oxygen atoms in total. The normalized spacial score (nSPS) is 14.4. The molecule has 0 saturated carbocycles. The molecule has 2 aromatic carbocycles. The molecule has 0 bridgehead atoms. The number of ether oxygens (including phenoxy) is 2. The average Bonchev–Trinajstić information content (AvgIpc) is 2.84. The van der Waals surface area contributed by atoms with Gasteiger partial charge >= 0.3 is 6.36 Å². The monoisotopic (exact) mass is 502 g/mol. The lowest BCUT2D eigenvalue weighted by Gasteiger charge is -2.31. The second-order valence-corrected chi connectivity index (χ2v) is 8.16. The third-order valence-corrected chi connectivity index (χ3v) is 5.38. The number of anilines is 4. The maximum atomic E-state index is 12.7. The van der Waals surface area contributed by atoms with Crippen molar-refractivity contribution in [2.75, 3.05) is 28.6 Å². The fourth-order valence-electron chi connectivity index (χ4n) is 3.75. The molecular formula is C24H25F3N6O3. The second-order valence-electron chi connectivity index (χ2n) is 8.16. The highest BCUT2D eigenvalue weighted by molar-refractivity contribution is 5.91. The Balaban J connectivity index is 1.37. The molecule has 1 fully saturated rings. The summed E-state index contributed by atoms with van der Waals surface area (Å²) in [5.41, 5.74) is 1.35. The minimum atomic E-state index is -4.90. The van der Waals surface area contributed by atoms with E-state index in [0.717, 1.165) is 24.5 Å². The summed E-state index contributed by atoms with van der Waals surface area (Å²) in [4.78, 5) is 26.3. The molecule has 0 radical (unpaired) electrons. The van der Waals surface area contributed by atoms with E-state index in [4.69, 9.17) is 4.74 Å². The molecule has 0 unspecified atom stereocenters.